The second-order valence-electron chi connectivity index (χ2n) is 5.19. The van der Waals surface area contributed by atoms with Crippen LogP contribution in [0.5, 0.6) is 0 Å². The minimum absolute atomic E-state index is 0.0488. The average Bonchev–Trinajstić information content (AvgIpc) is 3.02. The summed E-state index contributed by atoms with van der Waals surface area (Å²) in [6, 6.07) is 5.33. The Hall–Kier alpha value is -2.74. The van der Waals surface area contributed by atoms with Crippen molar-refractivity contribution in [1.29, 1.82) is 0 Å². The van der Waals surface area contributed by atoms with Crippen molar-refractivity contribution in [3.05, 3.63) is 51.0 Å². The van der Waals surface area contributed by atoms with Crippen LogP contribution in [-0.2, 0) is 11.3 Å². The first kappa shape index (κ1) is 17.6. The molecule has 0 radical (unpaired) electrons. The summed E-state index contributed by atoms with van der Waals surface area (Å²) in [5, 5.41) is 15.8. The molecule has 0 aliphatic rings. The number of aromatic carboxylic acids is 1. The van der Waals surface area contributed by atoms with Crippen LogP contribution >= 0.6 is 11.3 Å². The first-order valence-corrected chi connectivity index (χ1v) is 8.04. The number of carbonyl (C=O) groups is 3. The lowest BCUT2D eigenvalue weighted by molar-refractivity contribution is -0.120. The lowest BCUT2D eigenvalue weighted by Crippen LogP contribution is -2.36. The van der Waals surface area contributed by atoms with Gasteiger partial charge in [-0.25, -0.2) is 9.78 Å². The zero-order valence-corrected chi connectivity index (χ0v) is 14.1. The van der Waals surface area contributed by atoms with Crippen LogP contribution in [0, 0.1) is 13.8 Å². The van der Waals surface area contributed by atoms with Crippen molar-refractivity contribution in [1.82, 2.24) is 15.6 Å². The van der Waals surface area contributed by atoms with Gasteiger partial charge in [-0.1, -0.05) is 6.07 Å². The van der Waals surface area contributed by atoms with Gasteiger partial charge in [-0.15, -0.1) is 11.3 Å². The van der Waals surface area contributed by atoms with Gasteiger partial charge in [-0.05, 0) is 37.1 Å². The van der Waals surface area contributed by atoms with E-state index in [1.165, 1.54) is 5.38 Å². The van der Waals surface area contributed by atoms with Crippen LogP contribution in [0.4, 0.5) is 0 Å². The molecular formula is C16H17N3O4S. The molecule has 1 aromatic carbocycles. The number of hydrogen-bond donors (Lipinski definition) is 3. The summed E-state index contributed by atoms with van der Waals surface area (Å²) in [6.07, 6.45) is 0. The topological polar surface area (TPSA) is 108 Å². The van der Waals surface area contributed by atoms with E-state index in [1.54, 1.807) is 12.1 Å². The molecule has 0 bridgehead atoms. The summed E-state index contributed by atoms with van der Waals surface area (Å²) in [5.41, 5.74) is 2.54. The van der Waals surface area contributed by atoms with Gasteiger partial charge in [0.2, 0.25) is 5.91 Å². The third-order valence-electron chi connectivity index (χ3n) is 3.39. The second kappa shape index (κ2) is 7.69. The van der Waals surface area contributed by atoms with Crippen molar-refractivity contribution in [2.45, 2.75) is 20.4 Å². The molecule has 3 N–H and O–H groups in total. The monoisotopic (exact) mass is 347 g/mol. The quantitative estimate of drug-likeness (QED) is 0.734. The van der Waals surface area contributed by atoms with Gasteiger partial charge >= 0.3 is 5.97 Å². The zero-order chi connectivity index (χ0) is 17.7. The number of aryl methyl sites for hydroxylation is 2. The van der Waals surface area contributed by atoms with Gasteiger partial charge in [-0.2, -0.15) is 0 Å². The highest BCUT2D eigenvalue weighted by atomic mass is 32.1. The molecule has 0 aliphatic heterocycles. The third kappa shape index (κ3) is 4.63. The zero-order valence-electron chi connectivity index (χ0n) is 13.3. The number of carbonyl (C=O) groups excluding carboxylic acids is 2. The fraction of sp³-hybridized carbons (Fsp3) is 0.250. The number of hydrogen-bond acceptors (Lipinski definition) is 5. The largest absolute Gasteiger partial charge is 0.476 e. The first-order chi connectivity index (χ1) is 11.4. The van der Waals surface area contributed by atoms with Crippen molar-refractivity contribution in [2.24, 2.45) is 0 Å². The van der Waals surface area contributed by atoms with Crippen LogP contribution in [-0.4, -0.2) is 34.4 Å². The molecule has 1 heterocycles. The Labute approximate surface area is 142 Å². The van der Waals surface area contributed by atoms with E-state index in [0.29, 0.717) is 10.6 Å². The van der Waals surface area contributed by atoms with Gasteiger partial charge < -0.3 is 15.7 Å². The van der Waals surface area contributed by atoms with E-state index in [2.05, 4.69) is 15.6 Å². The Balaban J connectivity index is 1.80. The molecule has 126 valence electrons. The van der Waals surface area contributed by atoms with Crippen LogP contribution < -0.4 is 10.6 Å². The number of nitrogens with one attached hydrogen (secondary N) is 2. The summed E-state index contributed by atoms with van der Waals surface area (Å²) >= 11 is 1.15. The van der Waals surface area contributed by atoms with Gasteiger partial charge in [0, 0.05) is 10.9 Å². The predicted molar refractivity (Wildman–Crippen MR) is 89.2 cm³/mol. The second-order valence-corrected chi connectivity index (χ2v) is 6.13. The van der Waals surface area contributed by atoms with Crippen molar-refractivity contribution < 1.29 is 19.5 Å². The van der Waals surface area contributed by atoms with Gasteiger partial charge in [0.05, 0.1) is 13.1 Å². The molecule has 0 atom stereocenters. The average molecular weight is 347 g/mol. The number of benzene rings is 1. The summed E-state index contributed by atoms with van der Waals surface area (Å²) in [4.78, 5) is 38.3. The van der Waals surface area contributed by atoms with E-state index in [4.69, 9.17) is 5.11 Å². The smallest absolute Gasteiger partial charge is 0.355 e. The van der Waals surface area contributed by atoms with E-state index in [1.807, 2.05) is 19.9 Å². The van der Waals surface area contributed by atoms with E-state index in [9.17, 15) is 14.4 Å². The Morgan fingerprint density at radius 2 is 1.92 bits per heavy atom. The number of aromatic nitrogens is 1. The summed E-state index contributed by atoms with van der Waals surface area (Å²) in [6.45, 7) is 3.83. The maximum Gasteiger partial charge on any atom is 0.355 e. The molecule has 7 nitrogen and oxygen atoms in total. The number of thiazole rings is 1. The Kier molecular flexibility index (Phi) is 5.64. The summed E-state index contributed by atoms with van der Waals surface area (Å²) in [7, 11) is 0. The number of rotatable bonds is 6. The molecule has 0 aliphatic carbocycles. The molecule has 0 saturated carbocycles. The number of carboxylic acids is 1. The van der Waals surface area contributed by atoms with E-state index < -0.39 is 5.97 Å². The Bertz CT molecular complexity index is 785. The molecule has 8 heteroatoms. The van der Waals surface area contributed by atoms with E-state index >= 15 is 0 Å². The van der Waals surface area contributed by atoms with Crippen LogP contribution in [0.2, 0.25) is 0 Å². The van der Waals surface area contributed by atoms with Crippen LogP contribution in [0.3, 0.4) is 0 Å². The molecule has 0 spiro atoms. The lowest BCUT2D eigenvalue weighted by Gasteiger charge is -2.07. The summed E-state index contributed by atoms with van der Waals surface area (Å²) < 4.78 is 0. The fourth-order valence-electron chi connectivity index (χ4n) is 1.87. The van der Waals surface area contributed by atoms with Gasteiger partial charge in [-0.3, -0.25) is 9.59 Å². The Morgan fingerprint density at radius 1 is 1.17 bits per heavy atom. The molecule has 24 heavy (non-hydrogen) atoms. The van der Waals surface area contributed by atoms with Crippen LogP contribution in [0.25, 0.3) is 0 Å². The maximum absolute atomic E-state index is 12.0. The Morgan fingerprint density at radius 3 is 2.54 bits per heavy atom. The van der Waals surface area contributed by atoms with Crippen molar-refractivity contribution in [2.75, 3.05) is 6.54 Å². The van der Waals surface area contributed by atoms with Gasteiger partial charge in [0.1, 0.15) is 5.01 Å². The molecule has 2 amide bonds. The third-order valence-corrected chi connectivity index (χ3v) is 4.24. The predicted octanol–water partition coefficient (Wildman–Crippen LogP) is 1.50. The van der Waals surface area contributed by atoms with E-state index in [-0.39, 0.29) is 30.6 Å². The van der Waals surface area contributed by atoms with Gasteiger partial charge in [0.15, 0.2) is 5.69 Å². The highest BCUT2D eigenvalue weighted by Gasteiger charge is 2.11. The molecular weight excluding hydrogens is 330 g/mol. The first-order valence-electron chi connectivity index (χ1n) is 7.16. The standard InChI is InChI=1S/C16H17N3O4S/c1-9-3-4-11(5-10(9)2)15(21)18-6-13(20)17-7-14-19-12(8-24-14)16(22)23/h3-5,8H,6-7H2,1-2H3,(H,17,20)(H,18,21)(H,22,23). The molecule has 2 rings (SSSR count). The van der Waals surface area contributed by atoms with Crippen molar-refractivity contribution in [3.8, 4) is 0 Å². The number of carboxylic acid groups (broad SMARTS) is 1. The molecule has 0 saturated heterocycles. The number of amides is 2. The highest BCUT2D eigenvalue weighted by Crippen LogP contribution is 2.10. The maximum atomic E-state index is 12.0. The summed E-state index contributed by atoms with van der Waals surface area (Å²) in [5.74, 6) is -1.81. The molecule has 2 aromatic rings. The minimum Gasteiger partial charge on any atom is -0.476 e. The fourth-order valence-corrected chi connectivity index (χ4v) is 2.58. The van der Waals surface area contributed by atoms with Crippen molar-refractivity contribution in [3.63, 3.8) is 0 Å². The SMILES string of the molecule is Cc1ccc(C(=O)NCC(=O)NCc2nc(C(=O)O)cs2)cc1C. The van der Waals surface area contributed by atoms with Crippen molar-refractivity contribution >= 4 is 29.1 Å². The normalized spacial score (nSPS) is 10.2. The molecule has 1 aromatic heterocycles. The van der Waals surface area contributed by atoms with E-state index in [0.717, 1.165) is 22.5 Å². The molecule has 0 unspecified atom stereocenters. The van der Waals surface area contributed by atoms with Gasteiger partial charge in [0.25, 0.3) is 5.91 Å². The minimum atomic E-state index is -1.11. The molecule has 0 fully saturated rings. The highest BCUT2D eigenvalue weighted by molar-refractivity contribution is 7.09. The van der Waals surface area contributed by atoms with Crippen LogP contribution in [0.1, 0.15) is 37.0 Å². The number of nitrogens with zero attached hydrogens (tertiary/aromatic N) is 1. The lowest BCUT2D eigenvalue weighted by atomic mass is 10.1. The van der Waals surface area contributed by atoms with Crippen LogP contribution in [0.15, 0.2) is 23.6 Å².